The number of aromatic amines is 1. The maximum absolute atomic E-state index is 10.4. The minimum atomic E-state index is 0.137. The van der Waals surface area contributed by atoms with Crippen molar-refractivity contribution in [1.82, 2.24) is 9.97 Å². The third-order valence-corrected chi connectivity index (χ3v) is 4.19. The normalized spacial score (nSPS) is 14.6. The van der Waals surface area contributed by atoms with Crippen LogP contribution in [0.4, 0.5) is 5.69 Å². The Hall–Kier alpha value is -3.28. The summed E-state index contributed by atoms with van der Waals surface area (Å²) in [5.74, 6) is 1.66. The van der Waals surface area contributed by atoms with Gasteiger partial charge >= 0.3 is 0 Å². The van der Waals surface area contributed by atoms with Crippen molar-refractivity contribution in [2.45, 2.75) is 6.92 Å². The minimum Gasteiger partial charge on any atom is -0.509 e. The number of amidine groups is 1. The third kappa shape index (κ3) is 2.61. The van der Waals surface area contributed by atoms with Crippen LogP contribution < -0.4 is 9.64 Å². The molecule has 0 fully saturated rings. The molecule has 126 valence electrons. The lowest BCUT2D eigenvalue weighted by Crippen LogP contribution is -2.26. The number of benzene rings is 2. The molecule has 1 aliphatic heterocycles. The van der Waals surface area contributed by atoms with E-state index in [1.807, 2.05) is 55.5 Å². The SMILES string of the molecule is CCOc1ccc(N2CC(O)=C(c3nc4ccccc4[nH]3)C2=N)cc1. The van der Waals surface area contributed by atoms with Crippen LogP contribution in [0.2, 0.25) is 0 Å². The van der Waals surface area contributed by atoms with Gasteiger partial charge in [-0.1, -0.05) is 12.1 Å². The average Bonchev–Trinajstić information content (AvgIpc) is 3.16. The third-order valence-electron chi connectivity index (χ3n) is 4.19. The van der Waals surface area contributed by atoms with Crippen molar-refractivity contribution in [1.29, 1.82) is 5.41 Å². The lowest BCUT2D eigenvalue weighted by atomic mass is 10.2. The zero-order chi connectivity index (χ0) is 17.4. The molecule has 1 aliphatic rings. The van der Waals surface area contributed by atoms with E-state index in [1.54, 1.807) is 4.90 Å². The highest BCUT2D eigenvalue weighted by molar-refractivity contribution is 6.30. The molecule has 0 bridgehead atoms. The molecular formula is C19H18N4O2. The number of rotatable bonds is 4. The van der Waals surface area contributed by atoms with Gasteiger partial charge in [-0.05, 0) is 43.3 Å². The van der Waals surface area contributed by atoms with Gasteiger partial charge in [-0.2, -0.15) is 0 Å². The Morgan fingerprint density at radius 1 is 1.20 bits per heavy atom. The van der Waals surface area contributed by atoms with Gasteiger partial charge in [0.05, 0.1) is 29.8 Å². The van der Waals surface area contributed by atoms with Gasteiger partial charge in [0.15, 0.2) is 0 Å². The number of ether oxygens (including phenoxy) is 1. The maximum atomic E-state index is 10.4. The smallest absolute Gasteiger partial charge is 0.145 e. The molecule has 0 unspecified atom stereocenters. The van der Waals surface area contributed by atoms with E-state index in [-0.39, 0.29) is 18.1 Å². The number of aliphatic hydroxyl groups excluding tert-OH is 1. The van der Waals surface area contributed by atoms with Crippen LogP contribution >= 0.6 is 0 Å². The van der Waals surface area contributed by atoms with Crippen LogP contribution in [-0.2, 0) is 0 Å². The van der Waals surface area contributed by atoms with Gasteiger partial charge in [-0.3, -0.25) is 5.41 Å². The van der Waals surface area contributed by atoms with Crippen LogP contribution in [0, 0.1) is 5.41 Å². The zero-order valence-electron chi connectivity index (χ0n) is 13.8. The van der Waals surface area contributed by atoms with Gasteiger partial charge in [0.2, 0.25) is 0 Å². The first-order valence-electron chi connectivity index (χ1n) is 8.14. The first-order chi connectivity index (χ1) is 12.2. The first kappa shape index (κ1) is 15.3. The molecule has 0 radical (unpaired) electrons. The van der Waals surface area contributed by atoms with E-state index in [2.05, 4.69) is 9.97 Å². The Balaban J connectivity index is 1.64. The van der Waals surface area contributed by atoms with Crippen LogP contribution in [0.1, 0.15) is 12.7 Å². The summed E-state index contributed by atoms with van der Waals surface area (Å²) in [5.41, 5.74) is 2.95. The van der Waals surface area contributed by atoms with E-state index < -0.39 is 0 Å². The van der Waals surface area contributed by atoms with Crippen molar-refractivity contribution in [3.63, 3.8) is 0 Å². The Labute approximate surface area is 144 Å². The fourth-order valence-electron chi connectivity index (χ4n) is 3.01. The summed E-state index contributed by atoms with van der Waals surface area (Å²) in [6.07, 6.45) is 0. The minimum absolute atomic E-state index is 0.137. The lowest BCUT2D eigenvalue weighted by molar-refractivity contribution is 0.340. The number of hydrogen-bond donors (Lipinski definition) is 3. The summed E-state index contributed by atoms with van der Waals surface area (Å²) >= 11 is 0. The summed E-state index contributed by atoms with van der Waals surface area (Å²) < 4.78 is 5.45. The van der Waals surface area contributed by atoms with E-state index in [0.29, 0.717) is 18.0 Å². The van der Waals surface area contributed by atoms with E-state index in [9.17, 15) is 5.11 Å². The largest absolute Gasteiger partial charge is 0.509 e. The molecule has 0 atom stereocenters. The number of fused-ring (bicyclic) bond motifs is 1. The van der Waals surface area contributed by atoms with Gasteiger partial charge in [0, 0.05) is 5.69 Å². The molecule has 2 heterocycles. The number of hydrogen-bond acceptors (Lipinski definition) is 4. The average molecular weight is 334 g/mol. The number of imidazole rings is 1. The summed E-state index contributed by atoms with van der Waals surface area (Å²) in [7, 11) is 0. The molecule has 3 N–H and O–H groups in total. The quantitative estimate of drug-likeness (QED) is 0.679. The molecule has 0 aliphatic carbocycles. The van der Waals surface area contributed by atoms with Crippen LogP contribution in [-0.4, -0.2) is 34.1 Å². The summed E-state index contributed by atoms with van der Waals surface area (Å²) in [6.45, 7) is 2.79. The second-order valence-corrected chi connectivity index (χ2v) is 5.79. The van der Waals surface area contributed by atoms with Crippen molar-refractivity contribution < 1.29 is 9.84 Å². The van der Waals surface area contributed by atoms with E-state index >= 15 is 0 Å². The van der Waals surface area contributed by atoms with Crippen molar-refractivity contribution >= 4 is 28.1 Å². The van der Waals surface area contributed by atoms with E-state index in [1.165, 1.54) is 0 Å². The maximum Gasteiger partial charge on any atom is 0.145 e. The fraction of sp³-hybridized carbons (Fsp3) is 0.158. The standard InChI is InChI=1S/C19H18N4O2/c1-2-25-13-9-7-12(8-10-13)23-11-16(24)17(18(23)20)19-21-14-5-3-4-6-15(14)22-19/h3-10,20,24H,2,11H2,1H3,(H,21,22). The Morgan fingerprint density at radius 3 is 2.68 bits per heavy atom. The number of anilines is 1. The predicted octanol–water partition coefficient (Wildman–Crippen LogP) is 3.73. The zero-order valence-corrected chi connectivity index (χ0v) is 13.8. The molecule has 2 aromatic carbocycles. The summed E-state index contributed by atoms with van der Waals surface area (Å²) in [5, 5.41) is 18.9. The highest BCUT2D eigenvalue weighted by atomic mass is 16.5. The first-order valence-corrected chi connectivity index (χ1v) is 8.14. The Bertz CT molecular complexity index is 940. The van der Waals surface area contributed by atoms with Crippen LogP contribution in [0.25, 0.3) is 16.6 Å². The molecule has 3 aromatic rings. The van der Waals surface area contributed by atoms with Crippen molar-refractivity contribution in [2.24, 2.45) is 0 Å². The Morgan fingerprint density at radius 2 is 1.96 bits per heavy atom. The molecule has 0 saturated carbocycles. The summed E-state index contributed by atoms with van der Waals surface area (Å²) in [6, 6.07) is 15.1. The van der Waals surface area contributed by atoms with Crippen molar-refractivity contribution in [3.8, 4) is 5.75 Å². The van der Waals surface area contributed by atoms with Gasteiger partial charge in [0.25, 0.3) is 0 Å². The predicted molar refractivity (Wildman–Crippen MR) is 98.3 cm³/mol. The van der Waals surface area contributed by atoms with E-state index in [0.717, 1.165) is 22.5 Å². The van der Waals surface area contributed by atoms with Gasteiger partial charge in [0.1, 0.15) is 23.2 Å². The highest BCUT2D eigenvalue weighted by Gasteiger charge is 2.31. The fourth-order valence-corrected chi connectivity index (χ4v) is 3.01. The summed E-state index contributed by atoms with van der Waals surface area (Å²) in [4.78, 5) is 9.42. The van der Waals surface area contributed by atoms with Gasteiger partial charge in [-0.15, -0.1) is 0 Å². The van der Waals surface area contributed by atoms with Crippen molar-refractivity contribution in [2.75, 3.05) is 18.1 Å². The number of nitrogens with zero attached hydrogens (tertiary/aromatic N) is 2. The number of H-pyrrole nitrogens is 1. The molecule has 6 heteroatoms. The van der Waals surface area contributed by atoms with Crippen LogP contribution in [0.3, 0.4) is 0 Å². The van der Waals surface area contributed by atoms with Crippen LogP contribution in [0.5, 0.6) is 5.75 Å². The molecule has 1 aromatic heterocycles. The number of para-hydroxylation sites is 2. The molecule has 4 rings (SSSR count). The number of nitrogens with one attached hydrogen (secondary N) is 2. The monoisotopic (exact) mass is 334 g/mol. The van der Waals surface area contributed by atoms with Gasteiger partial charge in [-0.25, -0.2) is 4.98 Å². The molecule has 0 spiro atoms. The second kappa shape index (κ2) is 5.98. The van der Waals surface area contributed by atoms with Crippen LogP contribution in [0.15, 0.2) is 54.3 Å². The van der Waals surface area contributed by atoms with E-state index in [4.69, 9.17) is 10.1 Å². The molecule has 0 amide bonds. The number of aromatic nitrogens is 2. The second-order valence-electron chi connectivity index (χ2n) is 5.79. The molecule has 0 saturated heterocycles. The molecule has 25 heavy (non-hydrogen) atoms. The number of aliphatic hydroxyl groups is 1. The van der Waals surface area contributed by atoms with Gasteiger partial charge < -0.3 is 19.7 Å². The molecule has 6 nitrogen and oxygen atoms in total. The van der Waals surface area contributed by atoms with Crippen molar-refractivity contribution in [3.05, 3.63) is 60.1 Å². The topological polar surface area (TPSA) is 85.2 Å². The highest BCUT2D eigenvalue weighted by Crippen LogP contribution is 2.31. The Kier molecular flexibility index (Phi) is 3.65. The molecular weight excluding hydrogens is 316 g/mol. The lowest BCUT2D eigenvalue weighted by Gasteiger charge is -2.18.